The number of aromatic nitrogens is 3. The first kappa shape index (κ1) is 19.3. The third-order valence-electron chi connectivity index (χ3n) is 5.81. The fourth-order valence-corrected chi connectivity index (χ4v) is 4.29. The molecule has 0 bridgehead atoms. The van der Waals surface area contributed by atoms with Gasteiger partial charge in [0.2, 0.25) is 5.95 Å². The Balaban J connectivity index is 1.54. The van der Waals surface area contributed by atoms with Crippen molar-refractivity contribution >= 4 is 34.5 Å². The molecular formula is C21H21FN6O3. The van der Waals surface area contributed by atoms with E-state index in [0.717, 1.165) is 6.42 Å². The van der Waals surface area contributed by atoms with Gasteiger partial charge in [0.1, 0.15) is 12.3 Å². The number of ether oxygens (including phenoxy) is 1. The van der Waals surface area contributed by atoms with Gasteiger partial charge in [0.25, 0.3) is 0 Å². The van der Waals surface area contributed by atoms with Crippen molar-refractivity contribution in [3.63, 3.8) is 0 Å². The molecule has 0 spiro atoms. The second kappa shape index (κ2) is 7.22. The molecule has 5 rings (SSSR count). The molecule has 4 heterocycles. The number of benzene rings is 1. The molecule has 0 saturated carbocycles. The maximum Gasteiger partial charge on any atom is 0.223 e. The number of hydrogen-bond acceptors (Lipinski definition) is 8. The first-order valence-electron chi connectivity index (χ1n) is 10.0. The van der Waals surface area contributed by atoms with Crippen molar-refractivity contribution < 1.29 is 13.9 Å². The Bertz CT molecular complexity index is 1240. The van der Waals surface area contributed by atoms with Gasteiger partial charge in [0.05, 0.1) is 40.6 Å². The molecule has 0 aliphatic carbocycles. The lowest BCUT2D eigenvalue weighted by Gasteiger charge is -2.31. The zero-order chi connectivity index (χ0) is 21.7. The molecular weight excluding hydrogens is 403 g/mol. The average molecular weight is 424 g/mol. The van der Waals surface area contributed by atoms with E-state index in [1.54, 1.807) is 0 Å². The maximum atomic E-state index is 15.3. The minimum Gasteiger partial charge on any atom is -0.487 e. The molecule has 2 atom stereocenters. The number of nitrogens with two attached hydrogens (primary N) is 1. The number of carbonyl (C=O) groups excluding carboxylic acids is 1. The lowest BCUT2D eigenvalue weighted by molar-refractivity contribution is 0.112. The van der Waals surface area contributed by atoms with E-state index >= 15 is 4.39 Å². The minimum atomic E-state index is -0.548. The van der Waals surface area contributed by atoms with E-state index in [0.29, 0.717) is 54.6 Å². The van der Waals surface area contributed by atoms with Crippen LogP contribution in [0.1, 0.15) is 29.7 Å². The zero-order valence-electron chi connectivity index (χ0n) is 16.8. The first-order chi connectivity index (χ1) is 15.0. The Labute approximate surface area is 176 Å². The highest BCUT2D eigenvalue weighted by Gasteiger charge is 2.32. The number of nitrogen functional groups attached to an aromatic ring is 1. The fraction of sp³-hybridized carbons (Fsp3) is 0.333. The topological polar surface area (TPSA) is 115 Å². The third kappa shape index (κ3) is 3.15. The fourth-order valence-electron chi connectivity index (χ4n) is 4.29. The number of nitrogens with one attached hydrogen (secondary N) is 1. The smallest absolute Gasteiger partial charge is 0.223 e. The molecule has 3 aromatic rings. The number of aldehydes is 1. The molecule has 1 fully saturated rings. The van der Waals surface area contributed by atoms with E-state index in [1.807, 2.05) is 16.4 Å². The van der Waals surface area contributed by atoms with Crippen molar-refractivity contribution in [2.24, 2.45) is 0 Å². The van der Waals surface area contributed by atoms with E-state index < -0.39 is 11.2 Å². The molecule has 9 nitrogen and oxygen atoms in total. The Morgan fingerprint density at radius 3 is 2.87 bits per heavy atom. The van der Waals surface area contributed by atoms with Crippen molar-refractivity contribution in [1.29, 1.82) is 0 Å². The van der Waals surface area contributed by atoms with Crippen LogP contribution in [0, 0.1) is 5.82 Å². The highest BCUT2D eigenvalue weighted by Crippen LogP contribution is 2.42. The van der Waals surface area contributed by atoms with Gasteiger partial charge in [-0.05, 0) is 19.4 Å². The lowest BCUT2D eigenvalue weighted by atomic mass is 10.1. The number of rotatable bonds is 4. The number of carbonyl (C=O) groups is 1. The number of halogens is 1. The van der Waals surface area contributed by atoms with Crippen molar-refractivity contribution in [3.05, 3.63) is 46.3 Å². The molecule has 2 aliphatic heterocycles. The Morgan fingerprint density at radius 1 is 1.35 bits per heavy atom. The van der Waals surface area contributed by atoms with Gasteiger partial charge >= 0.3 is 0 Å². The summed E-state index contributed by atoms with van der Waals surface area (Å²) in [5.74, 6) is 0.252. The van der Waals surface area contributed by atoms with Crippen LogP contribution in [0.25, 0.3) is 10.9 Å². The molecule has 31 heavy (non-hydrogen) atoms. The second-order valence-corrected chi connectivity index (χ2v) is 7.95. The Hall–Kier alpha value is -3.69. The van der Waals surface area contributed by atoms with Crippen LogP contribution < -0.4 is 26.1 Å². The summed E-state index contributed by atoms with van der Waals surface area (Å²) in [4.78, 5) is 34.2. The van der Waals surface area contributed by atoms with Gasteiger partial charge in [-0.25, -0.2) is 14.4 Å². The van der Waals surface area contributed by atoms with Gasteiger partial charge in [-0.3, -0.25) is 9.59 Å². The molecule has 2 aromatic heterocycles. The number of anilines is 3. The zero-order valence-corrected chi connectivity index (χ0v) is 16.8. The highest BCUT2D eigenvalue weighted by atomic mass is 19.1. The molecule has 10 heteroatoms. The standard InChI is InChI=1S/C21H21FN6O3/c1-11-10-31-20-17-15(19(30)12(9-29)7-28(11)17)4-16(22)18(20)27-3-2-14(8-27)26-21-24-5-13(23)6-25-21/h4-7,9,11,14H,2-3,8,10,23H2,1H3,(H,24,25,26)/t11-,14?/m0/s1. The van der Waals surface area contributed by atoms with Crippen molar-refractivity contribution in [2.45, 2.75) is 25.4 Å². The summed E-state index contributed by atoms with van der Waals surface area (Å²) < 4.78 is 23.0. The van der Waals surface area contributed by atoms with Gasteiger partial charge in [0.15, 0.2) is 23.3 Å². The summed E-state index contributed by atoms with van der Waals surface area (Å²) >= 11 is 0. The molecule has 160 valence electrons. The van der Waals surface area contributed by atoms with Gasteiger partial charge in [-0.1, -0.05) is 0 Å². The largest absolute Gasteiger partial charge is 0.487 e. The summed E-state index contributed by atoms with van der Waals surface area (Å²) in [5.41, 5.74) is 6.46. The van der Waals surface area contributed by atoms with E-state index in [-0.39, 0.29) is 23.0 Å². The van der Waals surface area contributed by atoms with Crippen molar-refractivity contribution in [3.8, 4) is 5.75 Å². The summed E-state index contributed by atoms with van der Waals surface area (Å²) in [6.45, 7) is 3.35. The SMILES string of the molecule is C[C@H]1COc2c(N3CCC(Nc4ncc(N)cn4)C3)c(F)cc3c(=O)c(C=O)cn1c23. The van der Waals surface area contributed by atoms with Crippen LogP contribution in [-0.4, -0.2) is 46.6 Å². The summed E-state index contributed by atoms with van der Waals surface area (Å²) in [7, 11) is 0. The van der Waals surface area contributed by atoms with Crippen molar-refractivity contribution in [1.82, 2.24) is 14.5 Å². The monoisotopic (exact) mass is 424 g/mol. The molecule has 0 radical (unpaired) electrons. The van der Waals surface area contributed by atoms with Crippen LogP contribution >= 0.6 is 0 Å². The summed E-state index contributed by atoms with van der Waals surface area (Å²) in [5, 5.41) is 3.39. The van der Waals surface area contributed by atoms with E-state index in [4.69, 9.17) is 10.5 Å². The van der Waals surface area contributed by atoms with Gasteiger partial charge in [0, 0.05) is 25.3 Å². The number of hydrogen-bond donors (Lipinski definition) is 2. The van der Waals surface area contributed by atoms with Crippen LogP contribution in [0.3, 0.4) is 0 Å². The molecule has 3 N–H and O–H groups in total. The predicted molar refractivity (Wildman–Crippen MR) is 114 cm³/mol. The van der Waals surface area contributed by atoms with Gasteiger partial charge in [-0.2, -0.15) is 0 Å². The van der Waals surface area contributed by atoms with Gasteiger partial charge < -0.3 is 25.3 Å². The lowest BCUT2D eigenvalue weighted by Crippen LogP contribution is -2.30. The van der Waals surface area contributed by atoms with Crippen LogP contribution in [0.15, 0.2) is 29.5 Å². The quantitative estimate of drug-likeness (QED) is 0.611. The third-order valence-corrected chi connectivity index (χ3v) is 5.81. The van der Waals surface area contributed by atoms with Gasteiger partial charge in [-0.15, -0.1) is 0 Å². The molecule has 2 aliphatic rings. The highest BCUT2D eigenvalue weighted by molar-refractivity contribution is 5.94. The molecule has 0 amide bonds. The van der Waals surface area contributed by atoms with Crippen molar-refractivity contribution in [2.75, 3.05) is 35.6 Å². The van der Waals surface area contributed by atoms with Crippen LogP contribution in [0.2, 0.25) is 0 Å². The normalized spacial score (nSPS) is 20.0. The van der Waals surface area contributed by atoms with Crippen LogP contribution in [0.4, 0.5) is 21.7 Å². The Kier molecular flexibility index (Phi) is 4.49. The minimum absolute atomic E-state index is 0.00747. The van der Waals surface area contributed by atoms with Crippen LogP contribution in [-0.2, 0) is 0 Å². The van der Waals surface area contributed by atoms with Crippen LogP contribution in [0.5, 0.6) is 5.75 Å². The molecule has 1 aromatic carbocycles. The molecule has 1 unspecified atom stereocenters. The number of nitrogens with zero attached hydrogens (tertiary/aromatic N) is 4. The predicted octanol–water partition coefficient (Wildman–Crippen LogP) is 1.97. The molecule has 1 saturated heterocycles. The Morgan fingerprint density at radius 2 is 2.13 bits per heavy atom. The van der Waals surface area contributed by atoms with E-state index in [2.05, 4.69) is 15.3 Å². The second-order valence-electron chi connectivity index (χ2n) is 7.95. The number of pyridine rings is 1. The average Bonchev–Trinajstić information content (AvgIpc) is 3.21. The maximum absolute atomic E-state index is 15.3. The summed E-state index contributed by atoms with van der Waals surface area (Å²) in [6, 6.07) is 1.13. The first-order valence-corrected chi connectivity index (χ1v) is 10.0. The van der Waals surface area contributed by atoms with E-state index in [9.17, 15) is 9.59 Å². The summed E-state index contributed by atoms with van der Waals surface area (Å²) in [6.07, 6.45) is 5.84. The van der Waals surface area contributed by atoms with E-state index in [1.165, 1.54) is 24.7 Å².